The number of hydrogen-bond donors (Lipinski definition) is 0. The van der Waals surface area contributed by atoms with Crippen LogP contribution in [0.4, 0.5) is 0 Å². The molecular weight excluding hydrogens is 723 g/mol. The lowest BCUT2D eigenvalue weighted by molar-refractivity contribution is 0.484. The summed E-state index contributed by atoms with van der Waals surface area (Å²) in [5.74, 6) is 2.82. The van der Waals surface area contributed by atoms with Crippen LogP contribution in [0, 0.1) is 0 Å². The van der Waals surface area contributed by atoms with Crippen LogP contribution in [0.25, 0.3) is 77.3 Å². The molecule has 0 fully saturated rings. The van der Waals surface area contributed by atoms with E-state index in [2.05, 4.69) is 180 Å². The van der Waals surface area contributed by atoms with E-state index in [1.54, 1.807) is 0 Å². The number of imidazole rings is 2. The highest BCUT2D eigenvalue weighted by molar-refractivity contribution is 6.13. The maximum atomic E-state index is 6.74. The Morgan fingerprint density at radius 1 is 0.475 bits per heavy atom. The molecule has 6 nitrogen and oxygen atoms in total. The molecule has 5 aromatic heterocycles. The molecular formula is C53H49N5O. The van der Waals surface area contributed by atoms with E-state index >= 15 is 0 Å². The van der Waals surface area contributed by atoms with Gasteiger partial charge < -0.3 is 4.74 Å². The first kappa shape index (κ1) is 36.8. The second-order valence-electron chi connectivity index (χ2n) is 17.3. The van der Waals surface area contributed by atoms with Gasteiger partial charge in [0.2, 0.25) is 0 Å². The second kappa shape index (κ2) is 14.1. The molecule has 0 aliphatic rings. The summed E-state index contributed by atoms with van der Waals surface area (Å²) in [6, 6.07) is 39.2. The fraction of sp³-hybridized carbons (Fsp3) is 0.226. The van der Waals surface area contributed by atoms with E-state index in [9.17, 15) is 0 Å². The van der Waals surface area contributed by atoms with Crippen LogP contribution in [0.15, 0.2) is 128 Å². The van der Waals surface area contributed by atoms with Gasteiger partial charge in [-0.2, -0.15) is 0 Å². The Labute approximate surface area is 345 Å². The minimum atomic E-state index is 0.319. The fourth-order valence-corrected chi connectivity index (χ4v) is 9.35. The van der Waals surface area contributed by atoms with Gasteiger partial charge in [0, 0.05) is 45.1 Å². The van der Waals surface area contributed by atoms with Crippen LogP contribution in [0.2, 0.25) is 0 Å². The van der Waals surface area contributed by atoms with Crippen LogP contribution in [0.5, 0.6) is 11.5 Å². The van der Waals surface area contributed by atoms with Crippen LogP contribution in [-0.4, -0.2) is 23.8 Å². The molecule has 292 valence electrons. The van der Waals surface area contributed by atoms with Crippen molar-refractivity contribution in [1.29, 1.82) is 0 Å². The lowest BCUT2D eigenvalue weighted by atomic mass is 9.86. The van der Waals surface area contributed by atoms with E-state index in [1.807, 2.05) is 12.4 Å². The van der Waals surface area contributed by atoms with Gasteiger partial charge in [-0.15, -0.1) is 0 Å². The average Bonchev–Trinajstić information content (AvgIpc) is 3.92. The third-order valence-corrected chi connectivity index (χ3v) is 12.2. The quantitative estimate of drug-likeness (QED) is 0.144. The second-order valence-corrected chi connectivity index (χ2v) is 17.3. The van der Waals surface area contributed by atoms with Crippen molar-refractivity contribution in [1.82, 2.24) is 23.8 Å². The van der Waals surface area contributed by atoms with Gasteiger partial charge in [-0.25, -0.2) is 15.0 Å². The molecule has 0 radical (unpaired) electrons. The van der Waals surface area contributed by atoms with Gasteiger partial charge in [0.05, 0.1) is 23.1 Å². The van der Waals surface area contributed by atoms with E-state index in [4.69, 9.17) is 19.7 Å². The summed E-state index contributed by atoms with van der Waals surface area (Å²) < 4.78 is 11.2. The molecule has 0 bridgehead atoms. The topological polar surface area (TPSA) is 56.7 Å². The van der Waals surface area contributed by atoms with Gasteiger partial charge in [-0.3, -0.25) is 8.80 Å². The van der Waals surface area contributed by atoms with Gasteiger partial charge in [0.1, 0.15) is 28.4 Å². The summed E-state index contributed by atoms with van der Waals surface area (Å²) in [5, 5.41) is 6.54. The molecule has 0 amide bonds. The van der Waals surface area contributed by atoms with E-state index in [0.717, 1.165) is 72.3 Å². The zero-order valence-electron chi connectivity index (χ0n) is 35.1. The summed E-state index contributed by atoms with van der Waals surface area (Å²) in [6.07, 6.45) is 5.95. The predicted molar refractivity (Wildman–Crippen MR) is 246 cm³/mol. The number of rotatable bonds is 8. The van der Waals surface area contributed by atoms with E-state index in [0.29, 0.717) is 23.7 Å². The van der Waals surface area contributed by atoms with Crippen molar-refractivity contribution >= 4 is 54.8 Å². The van der Waals surface area contributed by atoms with Crippen molar-refractivity contribution in [2.45, 2.75) is 79.1 Å². The van der Waals surface area contributed by atoms with E-state index in [-0.39, 0.29) is 0 Å². The van der Waals surface area contributed by atoms with Crippen LogP contribution in [-0.2, 0) is 0 Å². The molecule has 5 heterocycles. The molecule has 0 aliphatic carbocycles. The Morgan fingerprint density at radius 3 is 1.66 bits per heavy atom. The molecule has 0 spiro atoms. The normalized spacial score (nSPS) is 12.3. The number of fused-ring (bicyclic) bond motifs is 12. The molecule has 0 unspecified atom stereocenters. The Kier molecular flexibility index (Phi) is 8.78. The van der Waals surface area contributed by atoms with E-state index < -0.39 is 0 Å². The highest BCUT2D eigenvalue weighted by atomic mass is 16.5. The standard InChI is InChI=1S/C53H49N5O/c1-30(2)36-14-11-15-37(31(3)4)49(36)46-24-23-43-41-22-20-35(59-34-19-21-40-42-13-9-10-18-47(42)57-26-25-54-51(57)44(40)27-34)28-45(41)52-55-29-48(58(52)53(43)56-46)50-38(32(5)6)16-12-17-39(50)33(7)8/h9-33H,1-8H3. The highest BCUT2D eigenvalue weighted by Crippen LogP contribution is 2.42. The largest absolute Gasteiger partial charge is 0.457 e. The van der Waals surface area contributed by atoms with Crippen LogP contribution < -0.4 is 4.74 Å². The molecule has 0 atom stereocenters. The molecule has 0 saturated heterocycles. The SMILES string of the molecule is CC(C)c1cccc(C(C)C)c1-c1ccc2c3ccc(Oc4ccc5c6ccccc6n6ccnc6c5c4)cc3c3ncc(-c4c(C(C)C)cccc4C(C)C)n3c2n1. The summed E-state index contributed by atoms with van der Waals surface area (Å²) in [5.41, 5.74) is 13.6. The van der Waals surface area contributed by atoms with Crippen LogP contribution in [0.1, 0.15) is 101 Å². The van der Waals surface area contributed by atoms with E-state index in [1.165, 1.54) is 38.8 Å². The number of aromatic nitrogens is 5. The smallest absolute Gasteiger partial charge is 0.147 e. The predicted octanol–water partition coefficient (Wildman–Crippen LogP) is 14.6. The minimum Gasteiger partial charge on any atom is -0.457 e. The fourth-order valence-electron chi connectivity index (χ4n) is 9.35. The van der Waals surface area contributed by atoms with Crippen molar-refractivity contribution in [3.8, 4) is 34.0 Å². The number of para-hydroxylation sites is 1. The third-order valence-electron chi connectivity index (χ3n) is 12.2. The summed E-state index contributed by atoms with van der Waals surface area (Å²) in [4.78, 5) is 15.7. The van der Waals surface area contributed by atoms with Gasteiger partial charge >= 0.3 is 0 Å². The number of pyridine rings is 3. The van der Waals surface area contributed by atoms with Crippen molar-refractivity contribution < 1.29 is 4.74 Å². The first-order chi connectivity index (χ1) is 28.6. The molecule has 5 aromatic carbocycles. The molecule has 10 aromatic rings. The van der Waals surface area contributed by atoms with Crippen LogP contribution in [0.3, 0.4) is 0 Å². The van der Waals surface area contributed by atoms with Crippen LogP contribution >= 0.6 is 0 Å². The highest BCUT2D eigenvalue weighted by Gasteiger charge is 2.24. The maximum Gasteiger partial charge on any atom is 0.147 e. The summed E-state index contributed by atoms with van der Waals surface area (Å²) >= 11 is 0. The molecule has 0 aliphatic heterocycles. The van der Waals surface area contributed by atoms with Gasteiger partial charge in [0.25, 0.3) is 0 Å². The maximum absolute atomic E-state index is 6.74. The Balaban J connectivity index is 1.22. The Bertz CT molecular complexity index is 3220. The first-order valence-electron chi connectivity index (χ1n) is 21.0. The zero-order valence-corrected chi connectivity index (χ0v) is 35.1. The zero-order chi connectivity index (χ0) is 40.7. The lowest BCUT2D eigenvalue weighted by Gasteiger charge is -2.21. The molecule has 6 heteroatoms. The number of ether oxygens (including phenoxy) is 1. The van der Waals surface area contributed by atoms with Gasteiger partial charge in [-0.1, -0.05) is 110 Å². The Morgan fingerprint density at radius 2 is 1.03 bits per heavy atom. The monoisotopic (exact) mass is 771 g/mol. The summed E-state index contributed by atoms with van der Waals surface area (Å²) in [7, 11) is 0. The lowest BCUT2D eigenvalue weighted by Crippen LogP contribution is -2.05. The number of benzene rings is 5. The Hall–Kier alpha value is -6.53. The number of nitrogens with zero attached hydrogens (tertiary/aromatic N) is 5. The number of hydrogen-bond acceptors (Lipinski definition) is 4. The molecule has 0 N–H and O–H groups in total. The molecule has 0 saturated carbocycles. The first-order valence-corrected chi connectivity index (χ1v) is 21.0. The average molecular weight is 772 g/mol. The van der Waals surface area contributed by atoms with Crippen molar-refractivity contribution in [3.05, 3.63) is 150 Å². The summed E-state index contributed by atoms with van der Waals surface area (Å²) in [6.45, 7) is 18.2. The van der Waals surface area contributed by atoms with Gasteiger partial charge in [0.15, 0.2) is 0 Å². The third kappa shape index (κ3) is 5.87. The van der Waals surface area contributed by atoms with Crippen molar-refractivity contribution in [3.63, 3.8) is 0 Å². The molecule has 10 rings (SSSR count). The van der Waals surface area contributed by atoms with Crippen molar-refractivity contribution in [2.75, 3.05) is 0 Å². The molecule has 59 heavy (non-hydrogen) atoms. The minimum absolute atomic E-state index is 0.319. The van der Waals surface area contributed by atoms with Crippen molar-refractivity contribution in [2.24, 2.45) is 0 Å². The van der Waals surface area contributed by atoms with Gasteiger partial charge in [-0.05, 0) is 111 Å².